The molecule has 1 aromatic carbocycles. The highest BCUT2D eigenvalue weighted by molar-refractivity contribution is 9.10. The molecule has 1 N–H and O–H groups in total. The van der Waals surface area contributed by atoms with Crippen molar-refractivity contribution in [3.63, 3.8) is 0 Å². The van der Waals surface area contributed by atoms with Crippen LogP contribution in [-0.2, 0) is 11.3 Å². The molecule has 24 heavy (non-hydrogen) atoms. The van der Waals surface area contributed by atoms with Crippen molar-refractivity contribution in [2.24, 2.45) is 0 Å². The predicted molar refractivity (Wildman–Crippen MR) is 103 cm³/mol. The molecule has 0 saturated carbocycles. The first-order valence-electron chi connectivity index (χ1n) is 7.25. The molecule has 1 fully saturated rings. The number of thiocarbonyl (C=S) groups is 1. The zero-order valence-corrected chi connectivity index (χ0v) is 15.8. The van der Waals surface area contributed by atoms with Crippen molar-refractivity contribution < 1.29 is 9.53 Å². The second kappa shape index (κ2) is 7.96. The molecular formula is C16H14BrN3O2S2. The molecule has 8 heteroatoms. The molecule has 2 heterocycles. The van der Waals surface area contributed by atoms with Crippen LogP contribution in [0.15, 0.2) is 46.3 Å². The van der Waals surface area contributed by atoms with Crippen LogP contribution in [0.5, 0.6) is 5.75 Å². The molecule has 1 aromatic heterocycles. The van der Waals surface area contributed by atoms with Crippen molar-refractivity contribution in [3.8, 4) is 5.75 Å². The largest absolute Gasteiger partial charge is 0.493 e. The van der Waals surface area contributed by atoms with E-state index in [0.717, 1.165) is 28.8 Å². The number of nitrogens with zero attached hydrogens (tertiary/aromatic N) is 2. The molecule has 0 aliphatic carbocycles. The van der Waals surface area contributed by atoms with Crippen LogP contribution < -0.4 is 10.1 Å². The highest BCUT2D eigenvalue weighted by atomic mass is 79.9. The molecule has 1 aliphatic rings. The van der Waals surface area contributed by atoms with Gasteiger partial charge in [0.2, 0.25) is 0 Å². The number of hydrogen-bond acceptors (Lipinski definition) is 5. The van der Waals surface area contributed by atoms with Gasteiger partial charge in [-0.3, -0.25) is 4.79 Å². The monoisotopic (exact) mass is 423 g/mol. The van der Waals surface area contributed by atoms with Crippen LogP contribution in [0.1, 0.15) is 12.0 Å². The molecule has 0 unspecified atom stereocenters. The van der Waals surface area contributed by atoms with Gasteiger partial charge in [-0.2, -0.15) is 0 Å². The van der Waals surface area contributed by atoms with Crippen LogP contribution in [0.4, 0.5) is 0 Å². The normalized spacial score (nSPS) is 15.8. The summed E-state index contributed by atoms with van der Waals surface area (Å²) in [6.45, 7) is 1.42. The van der Waals surface area contributed by atoms with Crippen LogP contribution in [0.3, 0.4) is 0 Å². The summed E-state index contributed by atoms with van der Waals surface area (Å²) in [5.41, 5.74) is 0.842. The molecule has 5 nitrogen and oxygen atoms in total. The lowest BCUT2D eigenvalue weighted by Crippen LogP contribution is -2.17. The number of benzene rings is 1. The lowest BCUT2D eigenvalue weighted by Gasteiger charge is -2.10. The van der Waals surface area contributed by atoms with Gasteiger partial charge in [-0.25, -0.2) is 4.98 Å². The van der Waals surface area contributed by atoms with E-state index in [1.54, 1.807) is 18.6 Å². The smallest absolute Gasteiger partial charge is 0.263 e. The average Bonchev–Trinajstić information content (AvgIpc) is 3.16. The second-order valence-corrected chi connectivity index (χ2v) is 7.67. The number of aryl methyl sites for hydroxylation is 1. The van der Waals surface area contributed by atoms with E-state index >= 15 is 0 Å². The number of carbonyl (C=O) groups excluding carboxylic acids is 1. The summed E-state index contributed by atoms with van der Waals surface area (Å²) in [5, 5.41) is 2.62. The maximum Gasteiger partial charge on any atom is 0.263 e. The van der Waals surface area contributed by atoms with E-state index < -0.39 is 0 Å². The van der Waals surface area contributed by atoms with Gasteiger partial charge in [0.25, 0.3) is 5.91 Å². The number of ether oxygens (including phenoxy) is 1. The number of thioether (sulfide) groups is 1. The lowest BCUT2D eigenvalue weighted by molar-refractivity contribution is -0.115. The van der Waals surface area contributed by atoms with Crippen molar-refractivity contribution in [1.82, 2.24) is 14.9 Å². The van der Waals surface area contributed by atoms with E-state index in [9.17, 15) is 4.79 Å². The van der Waals surface area contributed by atoms with Gasteiger partial charge < -0.3 is 14.6 Å². The fourth-order valence-electron chi connectivity index (χ4n) is 2.17. The van der Waals surface area contributed by atoms with Gasteiger partial charge in [0.05, 0.1) is 17.8 Å². The van der Waals surface area contributed by atoms with Crippen LogP contribution in [0.25, 0.3) is 6.08 Å². The summed E-state index contributed by atoms with van der Waals surface area (Å²) in [4.78, 5) is 16.4. The summed E-state index contributed by atoms with van der Waals surface area (Å²) in [7, 11) is 0. The molecule has 1 aliphatic heterocycles. The van der Waals surface area contributed by atoms with Crippen LogP contribution >= 0.6 is 39.9 Å². The first-order chi connectivity index (χ1) is 11.6. The Morgan fingerprint density at radius 1 is 1.46 bits per heavy atom. The van der Waals surface area contributed by atoms with Crippen molar-refractivity contribution in [2.75, 3.05) is 6.61 Å². The minimum atomic E-state index is -0.170. The summed E-state index contributed by atoms with van der Waals surface area (Å²) in [6.07, 6.45) is 8.13. The Balaban J connectivity index is 1.68. The van der Waals surface area contributed by atoms with Crippen molar-refractivity contribution in [3.05, 3.63) is 51.9 Å². The minimum Gasteiger partial charge on any atom is -0.493 e. The Labute approximate surface area is 157 Å². The first-order valence-corrected chi connectivity index (χ1v) is 9.26. The summed E-state index contributed by atoms with van der Waals surface area (Å²) in [5.74, 6) is 0.568. The predicted octanol–water partition coefficient (Wildman–Crippen LogP) is 3.60. The maximum atomic E-state index is 11.8. The standard InChI is InChI=1S/C16H14BrN3O2S2/c17-12-2-3-13(22-7-1-5-20-6-4-18-10-20)11(8-12)9-14-15(21)19-16(23)24-14/h2-4,6,8-10H,1,5,7H2,(H,19,21,23)/b14-9+. The van der Waals surface area contributed by atoms with E-state index in [-0.39, 0.29) is 5.91 Å². The summed E-state index contributed by atoms with van der Waals surface area (Å²) >= 11 is 9.73. The van der Waals surface area contributed by atoms with E-state index in [0.29, 0.717) is 15.8 Å². The van der Waals surface area contributed by atoms with Gasteiger partial charge >= 0.3 is 0 Å². The van der Waals surface area contributed by atoms with Crippen LogP contribution in [-0.4, -0.2) is 26.4 Å². The minimum absolute atomic E-state index is 0.170. The Kier molecular flexibility index (Phi) is 5.70. The SMILES string of the molecule is O=C1NC(=S)S/C1=C/c1cc(Br)ccc1OCCCn1ccnc1. The van der Waals surface area contributed by atoms with E-state index in [4.69, 9.17) is 17.0 Å². The third-order valence-corrected chi connectivity index (χ3v) is 4.93. The fourth-order valence-corrected chi connectivity index (χ4v) is 3.59. The summed E-state index contributed by atoms with van der Waals surface area (Å²) in [6, 6.07) is 5.73. The molecule has 1 saturated heterocycles. The highest BCUT2D eigenvalue weighted by Crippen LogP contribution is 2.31. The van der Waals surface area contributed by atoms with Crippen molar-refractivity contribution in [1.29, 1.82) is 0 Å². The second-order valence-electron chi connectivity index (χ2n) is 5.04. The zero-order chi connectivity index (χ0) is 16.9. The van der Waals surface area contributed by atoms with E-state index in [1.165, 1.54) is 11.8 Å². The summed E-state index contributed by atoms with van der Waals surface area (Å²) < 4.78 is 9.30. The number of imidazole rings is 1. The van der Waals surface area contributed by atoms with Crippen LogP contribution in [0.2, 0.25) is 0 Å². The Morgan fingerprint density at radius 3 is 3.04 bits per heavy atom. The molecule has 0 radical (unpaired) electrons. The number of halogens is 1. The molecule has 1 amide bonds. The number of rotatable bonds is 6. The Bertz CT molecular complexity index is 791. The molecule has 3 rings (SSSR count). The highest BCUT2D eigenvalue weighted by Gasteiger charge is 2.22. The first kappa shape index (κ1) is 17.2. The topological polar surface area (TPSA) is 56.1 Å². The molecule has 0 bridgehead atoms. The van der Waals surface area contributed by atoms with Gasteiger partial charge in [0, 0.05) is 29.0 Å². The maximum absolute atomic E-state index is 11.8. The zero-order valence-electron chi connectivity index (χ0n) is 12.6. The lowest BCUT2D eigenvalue weighted by atomic mass is 10.2. The number of aromatic nitrogens is 2. The average molecular weight is 424 g/mol. The van der Waals surface area contributed by atoms with Crippen LogP contribution in [0, 0.1) is 0 Å². The third-order valence-electron chi connectivity index (χ3n) is 3.28. The van der Waals surface area contributed by atoms with Gasteiger partial charge in [-0.05, 0) is 30.7 Å². The van der Waals surface area contributed by atoms with E-state index in [1.807, 2.05) is 29.0 Å². The van der Waals surface area contributed by atoms with Gasteiger partial charge in [-0.15, -0.1) is 0 Å². The number of hydrogen-bond donors (Lipinski definition) is 1. The number of nitrogens with one attached hydrogen (secondary N) is 1. The molecule has 0 spiro atoms. The molecule has 0 atom stereocenters. The van der Waals surface area contributed by atoms with Gasteiger partial charge in [0.1, 0.15) is 10.1 Å². The van der Waals surface area contributed by atoms with Gasteiger partial charge in [-0.1, -0.05) is 39.9 Å². The number of carbonyl (C=O) groups is 1. The molecule has 124 valence electrons. The van der Waals surface area contributed by atoms with Crippen molar-refractivity contribution >= 4 is 56.2 Å². The van der Waals surface area contributed by atoms with E-state index in [2.05, 4.69) is 26.2 Å². The Morgan fingerprint density at radius 2 is 2.33 bits per heavy atom. The molecule has 2 aromatic rings. The quantitative estimate of drug-likeness (QED) is 0.436. The Hall–Kier alpha value is -1.64. The van der Waals surface area contributed by atoms with Gasteiger partial charge in [0.15, 0.2) is 0 Å². The fraction of sp³-hybridized carbons (Fsp3) is 0.188. The number of amides is 1. The third kappa shape index (κ3) is 4.46. The molecular weight excluding hydrogens is 410 g/mol. The van der Waals surface area contributed by atoms with Crippen molar-refractivity contribution in [2.45, 2.75) is 13.0 Å².